The molecule has 3 unspecified atom stereocenters. The van der Waals surface area contributed by atoms with Gasteiger partial charge in [-0.15, -0.1) is 0 Å². The van der Waals surface area contributed by atoms with E-state index >= 15 is 0 Å². The first-order chi connectivity index (χ1) is 9.39. The summed E-state index contributed by atoms with van der Waals surface area (Å²) < 4.78 is 5.16. The van der Waals surface area contributed by atoms with Crippen LogP contribution in [-0.2, 0) is 9.53 Å². The first kappa shape index (κ1) is 15.8. The molecule has 2 aliphatic carbocycles. The smallest absolute Gasteiger partial charge is 0.226 e. The van der Waals surface area contributed by atoms with E-state index in [1.54, 1.807) is 7.11 Å². The van der Waals surface area contributed by atoms with E-state index in [1.165, 1.54) is 0 Å². The second-order valence-corrected chi connectivity index (χ2v) is 7.16. The number of amides is 1. The van der Waals surface area contributed by atoms with Gasteiger partial charge in [0, 0.05) is 31.7 Å². The van der Waals surface area contributed by atoms with E-state index in [0.717, 1.165) is 32.2 Å². The molecule has 0 spiro atoms. The maximum atomic E-state index is 13.0. The van der Waals surface area contributed by atoms with Crippen LogP contribution in [0.2, 0.25) is 0 Å². The van der Waals surface area contributed by atoms with Gasteiger partial charge < -0.3 is 15.4 Å². The molecular weight excluding hydrogens is 252 g/mol. The molecule has 1 amide bonds. The minimum atomic E-state index is -0.0189. The highest BCUT2D eigenvalue weighted by atomic mass is 16.5. The van der Waals surface area contributed by atoms with E-state index in [-0.39, 0.29) is 17.4 Å². The van der Waals surface area contributed by atoms with E-state index in [0.29, 0.717) is 24.5 Å². The van der Waals surface area contributed by atoms with Crippen molar-refractivity contribution < 1.29 is 9.53 Å². The Kier molecular flexibility index (Phi) is 4.75. The van der Waals surface area contributed by atoms with Crippen LogP contribution in [0.3, 0.4) is 0 Å². The summed E-state index contributed by atoms with van der Waals surface area (Å²) in [6, 6.07) is 0.682. The zero-order chi connectivity index (χ0) is 14.9. The highest BCUT2D eigenvalue weighted by Gasteiger charge is 2.47. The molecule has 0 heterocycles. The highest BCUT2D eigenvalue weighted by molar-refractivity contribution is 5.80. The van der Waals surface area contributed by atoms with Gasteiger partial charge in [-0.2, -0.15) is 0 Å². The van der Waals surface area contributed by atoms with E-state index in [1.807, 2.05) is 0 Å². The Bertz CT molecular complexity index is 352. The number of methoxy groups -OCH3 is 1. The van der Waals surface area contributed by atoms with Crippen LogP contribution >= 0.6 is 0 Å². The van der Waals surface area contributed by atoms with Crippen molar-refractivity contribution in [2.24, 2.45) is 23.0 Å². The summed E-state index contributed by atoms with van der Waals surface area (Å²) >= 11 is 0. The molecule has 0 aromatic rings. The first-order valence-electron chi connectivity index (χ1n) is 7.94. The van der Waals surface area contributed by atoms with Crippen LogP contribution in [0.4, 0.5) is 0 Å². The van der Waals surface area contributed by atoms with Gasteiger partial charge in [0.15, 0.2) is 0 Å². The number of nitrogens with zero attached hydrogens (tertiary/aromatic N) is 1. The fraction of sp³-hybridized carbons (Fsp3) is 0.938. The van der Waals surface area contributed by atoms with Crippen LogP contribution in [0, 0.1) is 17.3 Å². The number of hydrogen-bond acceptors (Lipinski definition) is 3. The maximum absolute atomic E-state index is 13.0. The third kappa shape index (κ3) is 3.01. The lowest BCUT2D eigenvalue weighted by Gasteiger charge is -2.47. The fourth-order valence-electron chi connectivity index (χ4n) is 3.54. The van der Waals surface area contributed by atoms with E-state index in [2.05, 4.69) is 25.7 Å². The SMILES string of the molecule is COCCN(C(=O)C1CCC(N)C(C)C1(C)C)C1CC1. The predicted octanol–water partition coefficient (Wildman–Crippen LogP) is 2.02. The quantitative estimate of drug-likeness (QED) is 0.839. The van der Waals surface area contributed by atoms with Crippen molar-refractivity contribution in [3.8, 4) is 0 Å². The second-order valence-electron chi connectivity index (χ2n) is 7.16. The Morgan fingerprint density at radius 3 is 2.50 bits per heavy atom. The Morgan fingerprint density at radius 1 is 1.30 bits per heavy atom. The van der Waals surface area contributed by atoms with Crippen LogP contribution in [0.5, 0.6) is 0 Å². The van der Waals surface area contributed by atoms with Crippen molar-refractivity contribution in [1.82, 2.24) is 4.90 Å². The van der Waals surface area contributed by atoms with Gasteiger partial charge in [0.2, 0.25) is 5.91 Å². The van der Waals surface area contributed by atoms with Crippen molar-refractivity contribution in [2.75, 3.05) is 20.3 Å². The summed E-state index contributed by atoms with van der Waals surface area (Å²) in [7, 11) is 1.70. The molecule has 0 aromatic carbocycles. The van der Waals surface area contributed by atoms with Crippen LogP contribution in [0.15, 0.2) is 0 Å². The Labute approximate surface area is 123 Å². The number of ether oxygens (including phenoxy) is 1. The zero-order valence-corrected chi connectivity index (χ0v) is 13.4. The maximum Gasteiger partial charge on any atom is 0.226 e. The van der Waals surface area contributed by atoms with Gasteiger partial charge in [-0.3, -0.25) is 4.79 Å². The zero-order valence-electron chi connectivity index (χ0n) is 13.4. The van der Waals surface area contributed by atoms with Crippen molar-refractivity contribution >= 4 is 5.91 Å². The molecule has 0 saturated heterocycles. The van der Waals surface area contributed by atoms with Gasteiger partial charge in [0.1, 0.15) is 0 Å². The van der Waals surface area contributed by atoms with Crippen LogP contribution in [0.1, 0.15) is 46.5 Å². The molecule has 0 radical (unpaired) electrons. The Balaban J connectivity index is 2.09. The van der Waals surface area contributed by atoms with Crippen molar-refractivity contribution in [3.63, 3.8) is 0 Å². The van der Waals surface area contributed by atoms with E-state index in [9.17, 15) is 4.79 Å². The lowest BCUT2D eigenvalue weighted by Crippen LogP contribution is -2.53. The standard InChI is InChI=1S/C16H30N2O2/c1-11-14(17)8-7-13(16(11,2)3)15(19)18(9-10-20-4)12-5-6-12/h11-14H,5-10,17H2,1-4H3. The highest BCUT2D eigenvalue weighted by Crippen LogP contribution is 2.46. The molecule has 2 aliphatic rings. The number of nitrogens with two attached hydrogens (primary N) is 1. The third-order valence-corrected chi connectivity index (χ3v) is 5.61. The molecule has 4 heteroatoms. The van der Waals surface area contributed by atoms with Gasteiger partial charge in [-0.25, -0.2) is 0 Å². The predicted molar refractivity (Wildman–Crippen MR) is 80.3 cm³/mol. The molecule has 20 heavy (non-hydrogen) atoms. The summed E-state index contributed by atoms with van der Waals surface area (Å²) in [6.07, 6.45) is 4.19. The molecule has 4 nitrogen and oxygen atoms in total. The minimum Gasteiger partial charge on any atom is -0.383 e. The van der Waals surface area contributed by atoms with Crippen LogP contribution in [0.25, 0.3) is 0 Å². The third-order valence-electron chi connectivity index (χ3n) is 5.61. The van der Waals surface area contributed by atoms with Crippen molar-refractivity contribution in [2.45, 2.75) is 58.5 Å². The summed E-state index contributed by atoms with van der Waals surface area (Å²) in [4.78, 5) is 15.1. The number of carbonyl (C=O) groups excluding carboxylic acids is 1. The average Bonchev–Trinajstić information content (AvgIpc) is 3.21. The molecule has 2 fully saturated rings. The van der Waals surface area contributed by atoms with Gasteiger partial charge in [-0.1, -0.05) is 20.8 Å². The molecule has 2 N–H and O–H groups in total. The molecule has 0 aliphatic heterocycles. The summed E-state index contributed by atoms with van der Waals surface area (Å²) in [6.45, 7) is 7.97. The van der Waals surface area contributed by atoms with Gasteiger partial charge in [-0.05, 0) is 37.0 Å². The lowest BCUT2D eigenvalue weighted by molar-refractivity contribution is -0.144. The second kappa shape index (κ2) is 6.02. The van der Waals surface area contributed by atoms with E-state index in [4.69, 9.17) is 10.5 Å². The van der Waals surface area contributed by atoms with Gasteiger partial charge in [0.05, 0.1) is 6.61 Å². The minimum absolute atomic E-state index is 0.0189. The van der Waals surface area contributed by atoms with Crippen LogP contribution < -0.4 is 5.73 Å². The van der Waals surface area contributed by atoms with Gasteiger partial charge in [0.25, 0.3) is 0 Å². The lowest BCUT2D eigenvalue weighted by atomic mass is 9.60. The molecule has 2 rings (SSSR count). The van der Waals surface area contributed by atoms with Crippen molar-refractivity contribution in [1.29, 1.82) is 0 Å². The Hall–Kier alpha value is -0.610. The first-order valence-corrected chi connectivity index (χ1v) is 7.94. The monoisotopic (exact) mass is 282 g/mol. The number of carbonyl (C=O) groups is 1. The number of hydrogen-bond donors (Lipinski definition) is 1. The van der Waals surface area contributed by atoms with Crippen LogP contribution in [-0.4, -0.2) is 43.2 Å². The molecule has 0 bridgehead atoms. The fourth-order valence-corrected chi connectivity index (χ4v) is 3.54. The molecule has 0 aromatic heterocycles. The van der Waals surface area contributed by atoms with E-state index < -0.39 is 0 Å². The largest absolute Gasteiger partial charge is 0.383 e. The topological polar surface area (TPSA) is 55.6 Å². The molecule has 116 valence electrons. The summed E-state index contributed by atoms with van der Waals surface area (Å²) in [5.41, 5.74) is 6.18. The molecule has 3 atom stereocenters. The summed E-state index contributed by atoms with van der Waals surface area (Å²) in [5.74, 6) is 0.816. The summed E-state index contributed by atoms with van der Waals surface area (Å²) in [5, 5.41) is 0. The molecular formula is C16H30N2O2. The Morgan fingerprint density at radius 2 is 1.95 bits per heavy atom. The molecule has 2 saturated carbocycles. The number of rotatable bonds is 5. The average molecular weight is 282 g/mol. The van der Waals surface area contributed by atoms with Crippen molar-refractivity contribution in [3.05, 3.63) is 0 Å². The van der Waals surface area contributed by atoms with Gasteiger partial charge >= 0.3 is 0 Å². The normalized spacial score (nSPS) is 33.0.